The minimum Gasteiger partial charge on any atom is -0.493 e. The van der Waals surface area contributed by atoms with E-state index in [1.165, 1.54) is 14.2 Å². The minimum atomic E-state index is -0.0545. The van der Waals surface area contributed by atoms with Gasteiger partial charge in [-0.25, -0.2) is 0 Å². The number of hydrogen-bond donors (Lipinski definition) is 1. The number of amides is 1. The Bertz CT molecular complexity index is 525. The number of halogens is 1. The van der Waals surface area contributed by atoms with Gasteiger partial charge in [-0.1, -0.05) is 0 Å². The fourth-order valence-electron chi connectivity index (χ4n) is 2.56. The lowest BCUT2D eigenvalue weighted by Gasteiger charge is -2.32. The summed E-state index contributed by atoms with van der Waals surface area (Å²) in [5, 5.41) is 3.32. The first kappa shape index (κ1) is 18.4. The van der Waals surface area contributed by atoms with Gasteiger partial charge < -0.3 is 24.4 Å². The molecule has 1 unspecified atom stereocenters. The van der Waals surface area contributed by atoms with E-state index in [0.717, 1.165) is 6.54 Å². The molecule has 1 saturated heterocycles. The standard InChI is InChI=1S/C15H22N2O4.ClH/c1-10-9-17(8-7-16-10)15(18)11-5-6-12(19-2)14(21-4)13(11)20-3;/h5-6,10,16H,7-9H2,1-4H3;1H. The highest BCUT2D eigenvalue weighted by Gasteiger charge is 2.27. The number of nitrogens with one attached hydrogen (secondary N) is 1. The molecule has 1 aromatic carbocycles. The first-order valence-electron chi connectivity index (χ1n) is 6.94. The molecular formula is C15H23ClN2O4. The van der Waals surface area contributed by atoms with Crippen LogP contribution in [0.5, 0.6) is 17.2 Å². The summed E-state index contributed by atoms with van der Waals surface area (Å²) in [6.07, 6.45) is 0. The molecule has 1 amide bonds. The number of piperazine rings is 1. The molecule has 0 spiro atoms. The number of rotatable bonds is 4. The van der Waals surface area contributed by atoms with Crippen molar-refractivity contribution < 1.29 is 19.0 Å². The predicted octanol–water partition coefficient (Wildman–Crippen LogP) is 1.57. The summed E-state index contributed by atoms with van der Waals surface area (Å²) < 4.78 is 15.9. The summed E-state index contributed by atoms with van der Waals surface area (Å²) in [6, 6.07) is 3.73. The molecule has 0 bridgehead atoms. The number of carbonyl (C=O) groups is 1. The van der Waals surface area contributed by atoms with Crippen molar-refractivity contribution in [1.29, 1.82) is 0 Å². The van der Waals surface area contributed by atoms with Gasteiger partial charge in [0, 0.05) is 25.7 Å². The van der Waals surface area contributed by atoms with Crippen molar-refractivity contribution >= 4 is 18.3 Å². The minimum absolute atomic E-state index is 0. The van der Waals surface area contributed by atoms with Crippen molar-refractivity contribution in [2.24, 2.45) is 0 Å². The van der Waals surface area contributed by atoms with E-state index in [1.54, 1.807) is 19.2 Å². The average Bonchev–Trinajstić information content (AvgIpc) is 2.52. The number of benzene rings is 1. The van der Waals surface area contributed by atoms with E-state index in [1.807, 2.05) is 4.90 Å². The zero-order valence-electron chi connectivity index (χ0n) is 13.3. The van der Waals surface area contributed by atoms with Crippen LogP contribution in [0.25, 0.3) is 0 Å². The number of nitrogens with zero attached hydrogens (tertiary/aromatic N) is 1. The molecule has 1 aromatic rings. The third-order valence-electron chi connectivity index (χ3n) is 3.59. The van der Waals surface area contributed by atoms with Gasteiger partial charge in [-0.15, -0.1) is 12.4 Å². The number of ether oxygens (including phenoxy) is 3. The van der Waals surface area contributed by atoms with E-state index in [4.69, 9.17) is 14.2 Å². The summed E-state index contributed by atoms with van der Waals surface area (Å²) in [4.78, 5) is 14.5. The number of hydrogen-bond acceptors (Lipinski definition) is 5. The maximum atomic E-state index is 12.7. The molecule has 7 heteroatoms. The van der Waals surface area contributed by atoms with E-state index in [2.05, 4.69) is 12.2 Å². The second-order valence-corrected chi connectivity index (χ2v) is 4.99. The van der Waals surface area contributed by atoms with Crippen molar-refractivity contribution in [3.8, 4) is 17.2 Å². The monoisotopic (exact) mass is 330 g/mol. The van der Waals surface area contributed by atoms with Gasteiger partial charge in [0.25, 0.3) is 5.91 Å². The van der Waals surface area contributed by atoms with Gasteiger partial charge in [0.2, 0.25) is 5.75 Å². The topological polar surface area (TPSA) is 60.0 Å². The summed E-state index contributed by atoms with van der Waals surface area (Å²) in [5.74, 6) is 1.34. The van der Waals surface area contributed by atoms with Gasteiger partial charge in [-0.2, -0.15) is 0 Å². The molecule has 0 saturated carbocycles. The molecule has 0 aliphatic carbocycles. The third kappa shape index (κ3) is 3.56. The maximum Gasteiger partial charge on any atom is 0.257 e. The number of methoxy groups -OCH3 is 3. The van der Waals surface area contributed by atoms with E-state index in [-0.39, 0.29) is 24.4 Å². The number of carbonyl (C=O) groups excluding carboxylic acids is 1. The highest BCUT2D eigenvalue weighted by atomic mass is 35.5. The molecule has 124 valence electrons. The molecule has 1 aliphatic rings. The Morgan fingerprint density at radius 3 is 2.41 bits per heavy atom. The van der Waals surface area contributed by atoms with Crippen LogP contribution in [0, 0.1) is 0 Å². The lowest BCUT2D eigenvalue weighted by Crippen LogP contribution is -2.51. The highest BCUT2D eigenvalue weighted by Crippen LogP contribution is 2.40. The van der Waals surface area contributed by atoms with Gasteiger partial charge in [0.1, 0.15) is 0 Å². The lowest BCUT2D eigenvalue weighted by molar-refractivity contribution is 0.0705. The van der Waals surface area contributed by atoms with Crippen molar-refractivity contribution in [2.75, 3.05) is 41.0 Å². The second-order valence-electron chi connectivity index (χ2n) is 4.99. The van der Waals surface area contributed by atoms with Crippen molar-refractivity contribution in [2.45, 2.75) is 13.0 Å². The molecule has 0 aromatic heterocycles. The van der Waals surface area contributed by atoms with Crippen LogP contribution in [-0.2, 0) is 0 Å². The predicted molar refractivity (Wildman–Crippen MR) is 86.7 cm³/mol. The summed E-state index contributed by atoms with van der Waals surface area (Å²) >= 11 is 0. The normalized spacial score (nSPS) is 17.5. The van der Waals surface area contributed by atoms with Gasteiger partial charge in [0.15, 0.2) is 11.5 Å². The summed E-state index contributed by atoms with van der Waals surface area (Å²) in [5.41, 5.74) is 0.490. The van der Waals surface area contributed by atoms with E-state index >= 15 is 0 Å². The largest absolute Gasteiger partial charge is 0.493 e. The summed E-state index contributed by atoms with van der Waals surface area (Å²) in [7, 11) is 4.60. The SMILES string of the molecule is COc1ccc(C(=O)N2CCNC(C)C2)c(OC)c1OC.Cl. The van der Waals surface area contributed by atoms with Gasteiger partial charge in [-0.3, -0.25) is 4.79 Å². The first-order chi connectivity index (χ1) is 10.1. The molecule has 1 atom stereocenters. The van der Waals surface area contributed by atoms with E-state index in [0.29, 0.717) is 35.9 Å². The Kier molecular flexibility index (Phi) is 6.77. The molecule has 2 rings (SSSR count). The van der Waals surface area contributed by atoms with Crippen LogP contribution in [-0.4, -0.2) is 57.8 Å². The molecular weight excluding hydrogens is 308 g/mol. The summed E-state index contributed by atoms with van der Waals surface area (Å²) in [6.45, 7) is 4.21. The second kappa shape index (κ2) is 8.10. The maximum absolute atomic E-state index is 12.7. The molecule has 1 heterocycles. The van der Waals surface area contributed by atoms with Crippen LogP contribution in [0.4, 0.5) is 0 Å². The van der Waals surface area contributed by atoms with Crippen molar-refractivity contribution in [3.63, 3.8) is 0 Å². The Balaban J connectivity index is 0.00000242. The fraction of sp³-hybridized carbons (Fsp3) is 0.533. The van der Waals surface area contributed by atoms with Crippen LogP contribution in [0.15, 0.2) is 12.1 Å². The zero-order valence-corrected chi connectivity index (χ0v) is 14.2. The van der Waals surface area contributed by atoms with Crippen LogP contribution in [0.1, 0.15) is 17.3 Å². The van der Waals surface area contributed by atoms with Crippen LogP contribution < -0.4 is 19.5 Å². The molecule has 6 nitrogen and oxygen atoms in total. The van der Waals surface area contributed by atoms with Crippen molar-refractivity contribution in [3.05, 3.63) is 17.7 Å². The van der Waals surface area contributed by atoms with Gasteiger partial charge >= 0.3 is 0 Å². The van der Waals surface area contributed by atoms with Gasteiger partial charge in [-0.05, 0) is 19.1 Å². The van der Waals surface area contributed by atoms with Crippen LogP contribution in [0.3, 0.4) is 0 Å². The van der Waals surface area contributed by atoms with Crippen molar-refractivity contribution in [1.82, 2.24) is 10.2 Å². The van der Waals surface area contributed by atoms with Crippen LogP contribution in [0.2, 0.25) is 0 Å². The Hall–Kier alpha value is -1.66. The highest BCUT2D eigenvalue weighted by molar-refractivity contribution is 5.98. The van der Waals surface area contributed by atoms with E-state index < -0.39 is 0 Å². The fourth-order valence-corrected chi connectivity index (χ4v) is 2.56. The Labute approximate surface area is 137 Å². The molecule has 1 N–H and O–H groups in total. The molecule has 1 aliphatic heterocycles. The lowest BCUT2D eigenvalue weighted by atomic mass is 10.1. The average molecular weight is 331 g/mol. The molecule has 1 fully saturated rings. The zero-order chi connectivity index (χ0) is 15.4. The third-order valence-corrected chi connectivity index (χ3v) is 3.59. The Morgan fingerprint density at radius 2 is 1.86 bits per heavy atom. The molecule has 22 heavy (non-hydrogen) atoms. The smallest absolute Gasteiger partial charge is 0.257 e. The van der Waals surface area contributed by atoms with Gasteiger partial charge in [0.05, 0.1) is 26.9 Å². The van der Waals surface area contributed by atoms with Crippen LogP contribution >= 0.6 is 12.4 Å². The van der Waals surface area contributed by atoms with E-state index in [9.17, 15) is 4.79 Å². The quantitative estimate of drug-likeness (QED) is 0.908. The molecule has 0 radical (unpaired) electrons. The Morgan fingerprint density at radius 1 is 1.18 bits per heavy atom. The first-order valence-corrected chi connectivity index (χ1v) is 6.94.